The van der Waals surface area contributed by atoms with Crippen molar-refractivity contribution in [2.75, 3.05) is 32.4 Å². The summed E-state index contributed by atoms with van der Waals surface area (Å²) in [6.07, 6.45) is 2.42. The number of hydrogen-bond acceptors (Lipinski definition) is 4. The Labute approximate surface area is 132 Å². The van der Waals surface area contributed by atoms with Gasteiger partial charge in [0.15, 0.2) is 9.84 Å². The summed E-state index contributed by atoms with van der Waals surface area (Å²) in [5.41, 5.74) is 0.673. The Morgan fingerprint density at radius 2 is 2.19 bits per heavy atom. The minimum Gasteiger partial charge on any atom is -0.312 e. The molecule has 6 heteroatoms. The van der Waals surface area contributed by atoms with E-state index in [0.29, 0.717) is 27.9 Å². The van der Waals surface area contributed by atoms with E-state index in [-0.39, 0.29) is 0 Å². The minimum absolute atomic E-state index is 0.323. The smallest absolute Gasteiger partial charge is 0.175 e. The lowest BCUT2D eigenvalue weighted by Gasteiger charge is -2.15. The van der Waals surface area contributed by atoms with E-state index in [2.05, 4.69) is 17.1 Å². The van der Waals surface area contributed by atoms with Crippen molar-refractivity contribution < 1.29 is 8.42 Å². The quantitative estimate of drug-likeness (QED) is 0.868. The number of sulfone groups is 1. The molecule has 1 aromatic rings. The first-order valence-electron chi connectivity index (χ1n) is 7.32. The van der Waals surface area contributed by atoms with Crippen molar-refractivity contribution in [2.45, 2.75) is 24.8 Å². The largest absolute Gasteiger partial charge is 0.312 e. The fourth-order valence-corrected chi connectivity index (χ4v) is 4.08. The van der Waals surface area contributed by atoms with Crippen LogP contribution in [0.1, 0.15) is 18.9 Å². The standard InChI is InChI=1S/C15H23ClN2O2S/c1-3-18-8-7-12(11-18)9-17-10-13-14(16)5-4-6-15(13)21(2,19)20/h4-6,12,17H,3,7-11H2,1-2H3. The lowest BCUT2D eigenvalue weighted by atomic mass is 10.1. The maximum Gasteiger partial charge on any atom is 0.175 e. The van der Waals surface area contributed by atoms with Crippen LogP contribution < -0.4 is 5.32 Å². The molecule has 1 atom stereocenters. The van der Waals surface area contributed by atoms with Gasteiger partial charge in [0.05, 0.1) is 4.90 Å². The summed E-state index contributed by atoms with van der Waals surface area (Å²) in [4.78, 5) is 2.76. The summed E-state index contributed by atoms with van der Waals surface area (Å²) >= 11 is 6.16. The topological polar surface area (TPSA) is 49.4 Å². The van der Waals surface area contributed by atoms with E-state index in [1.165, 1.54) is 12.7 Å². The Kier molecular flexibility index (Phi) is 5.66. The number of hydrogen-bond donors (Lipinski definition) is 1. The molecule has 0 amide bonds. The van der Waals surface area contributed by atoms with E-state index in [0.717, 1.165) is 26.2 Å². The molecule has 0 spiro atoms. The second kappa shape index (κ2) is 7.09. The van der Waals surface area contributed by atoms with Crippen molar-refractivity contribution in [3.8, 4) is 0 Å². The van der Waals surface area contributed by atoms with E-state index in [4.69, 9.17) is 11.6 Å². The molecule has 1 saturated heterocycles. The van der Waals surface area contributed by atoms with Gasteiger partial charge in [-0.25, -0.2) is 8.42 Å². The van der Waals surface area contributed by atoms with Gasteiger partial charge in [0.25, 0.3) is 0 Å². The van der Waals surface area contributed by atoms with Crippen molar-refractivity contribution >= 4 is 21.4 Å². The molecule has 1 heterocycles. The van der Waals surface area contributed by atoms with E-state index in [1.807, 2.05) is 0 Å². The highest BCUT2D eigenvalue weighted by Gasteiger charge is 2.21. The molecule has 21 heavy (non-hydrogen) atoms. The van der Waals surface area contributed by atoms with Crippen LogP contribution >= 0.6 is 11.6 Å². The zero-order valence-electron chi connectivity index (χ0n) is 12.6. The van der Waals surface area contributed by atoms with Gasteiger partial charge in [-0.1, -0.05) is 24.6 Å². The molecule has 0 aliphatic carbocycles. The summed E-state index contributed by atoms with van der Waals surface area (Å²) in [5, 5.41) is 3.87. The van der Waals surface area contributed by atoms with Crippen molar-refractivity contribution in [1.29, 1.82) is 0 Å². The van der Waals surface area contributed by atoms with E-state index >= 15 is 0 Å². The van der Waals surface area contributed by atoms with E-state index in [9.17, 15) is 8.42 Å². The monoisotopic (exact) mass is 330 g/mol. The molecular formula is C15H23ClN2O2S. The van der Waals surface area contributed by atoms with Crippen LogP contribution in [-0.4, -0.2) is 45.8 Å². The predicted molar refractivity (Wildman–Crippen MR) is 86.5 cm³/mol. The average Bonchev–Trinajstić information content (AvgIpc) is 2.87. The van der Waals surface area contributed by atoms with Gasteiger partial charge < -0.3 is 10.2 Å². The molecule has 4 nitrogen and oxygen atoms in total. The molecule has 1 unspecified atom stereocenters. The highest BCUT2D eigenvalue weighted by atomic mass is 35.5. The summed E-state index contributed by atoms with van der Waals surface area (Å²) in [6, 6.07) is 5.03. The Balaban J connectivity index is 1.98. The van der Waals surface area contributed by atoms with Gasteiger partial charge in [-0.15, -0.1) is 0 Å². The van der Waals surface area contributed by atoms with Gasteiger partial charge in [-0.3, -0.25) is 0 Å². The highest BCUT2D eigenvalue weighted by Crippen LogP contribution is 2.24. The van der Waals surface area contributed by atoms with Gasteiger partial charge in [0, 0.05) is 29.9 Å². The zero-order valence-corrected chi connectivity index (χ0v) is 14.2. The van der Waals surface area contributed by atoms with E-state index in [1.54, 1.807) is 18.2 Å². The van der Waals surface area contributed by atoms with Crippen molar-refractivity contribution in [3.05, 3.63) is 28.8 Å². The van der Waals surface area contributed by atoms with Crippen LogP contribution in [0.2, 0.25) is 5.02 Å². The minimum atomic E-state index is -3.25. The molecule has 1 aliphatic heterocycles. The normalized spacial score (nSPS) is 20.0. The lowest BCUT2D eigenvalue weighted by molar-refractivity contribution is 0.339. The second-order valence-corrected chi connectivity index (χ2v) is 8.06. The van der Waals surface area contributed by atoms with Crippen molar-refractivity contribution in [3.63, 3.8) is 0 Å². The number of rotatable bonds is 6. The first kappa shape index (κ1) is 16.7. The molecule has 118 valence electrons. The number of halogens is 1. The van der Waals surface area contributed by atoms with Crippen LogP contribution in [0.5, 0.6) is 0 Å². The molecule has 1 fully saturated rings. The maximum absolute atomic E-state index is 11.8. The van der Waals surface area contributed by atoms with Crippen LogP contribution in [0.3, 0.4) is 0 Å². The van der Waals surface area contributed by atoms with Crippen LogP contribution in [0.25, 0.3) is 0 Å². The molecule has 0 radical (unpaired) electrons. The van der Waals surface area contributed by atoms with Crippen LogP contribution in [0.15, 0.2) is 23.1 Å². The molecule has 0 saturated carbocycles. The number of benzene rings is 1. The summed E-state index contributed by atoms with van der Waals surface area (Å²) in [7, 11) is -3.25. The third-order valence-electron chi connectivity index (χ3n) is 4.03. The summed E-state index contributed by atoms with van der Waals surface area (Å²) < 4.78 is 23.6. The molecular weight excluding hydrogens is 308 g/mol. The Morgan fingerprint density at radius 3 is 2.81 bits per heavy atom. The number of nitrogens with one attached hydrogen (secondary N) is 1. The lowest BCUT2D eigenvalue weighted by Crippen LogP contribution is -2.26. The molecule has 0 aromatic heterocycles. The van der Waals surface area contributed by atoms with E-state index < -0.39 is 9.84 Å². The summed E-state index contributed by atoms with van der Waals surface area (Å²) in [5.74, 6) is 0.633. The van der Waals surface area contributed by atoms with Crippen LogP contribution in [0, 0.1) is 5.92 Å². The third-order valence-corrected chi connectivity index (χ3v) is 5.56. The predicted octanol–water partition coefficient (Wildman–Crippen LogP) is 2.17. The van der Waals surface area contributed by atoms with Crippen molar-refractivity contribution in [2.24, 2.45) is 5.92 Å². The Morgan fingerprint density at radius 1 is 1.43 bits per heavy atom. The first-order chi connectivity index (χ1) is 9.91. The number of likely N-dealkylation sites (tertiary alicyclic amines) is 1. The molecule has 1 aromatic carbocycles. The molecule has 2 rings (SSSR count). The van der Waals surface area contributed by atoms with Gasteiger partial charge >= 0.3 is 0 Å². The number of nitrogens with zero attached hydrogens (tertiary/aromatic N) is 1. The van der Waals surface area contributed by atoms with Gasteiger partial charge in [0.2, 0.25) is 0 Å². The van der Waals surface area contributed by atoms with Gasteiger partial charge in [0.1, 0.15) is 0 Å². The fourth-order valence-electron chi connectivity index (χ4n) is 2.83. The van der Waals surface area contributed by atoms with Crippen LogP contribution in [0.4, 0.5) is 0 Å². The SMILES string of the molecule is CCN1CCC(CNCc2c(Cl)cccc2S(C)(=O)=O)C1. The van der Waals surface area contributed by atoms with Crippen LogP contribution in [-0.2, 0) is 16.4 Å². The van der Waals surface area contributed by atoms with Crippen molar-refractivity contribution in [1.82, 2.24) is 10.2 Å². The molecule has 1 N–H and O–H groups in total. The Hall–Kier alpha value is -0.620. The van der Waals surface area contributed by atoms with Gasteiger partial charge in [-0.2, -0.15) is 0 Å². The third kappa shape index (κ3) is 4.42. The van der Waals surface area contributed by atoms with Gasteiger partial charge in [-0.05, 0) is 44.1 Å². The maximum atomic E-state index is 11.8. The molecule has 1 aliphatic rings. The highest BCUT2D eigenvalue weighted by molar-refractivity contribution is 7.90. The molecule has 0 bridgehead atoms. The average molecular weight is 331 g/mol. The Bertz CT molecular complexity index is 589. The zero-order chi connectivity index (χ0) is 15.5. The first-order valence-corrected chi connectivity index (χ1v) is 9.59. The second-order valence-electron chi connectivity index (χ2n) is 5.67. The summed E-state index contributed by atoms with van der Waals surface area (Å²) in [6.45, 7) is 6.93. The fraction of sp³-hybridized carbons (Fsp3) is 0.600.